The molecule has 0 saturated heterocycles. The molecule has 3 unspecified atom stereocenters. The molecule has 4 nitrogen and oxygen atoms in total. The lowest BCUT2D eigenvalue weighted by molar-refractivity contribution is -0.126. The second-order valence-electron chi connectivity index (χ2n) is 5.59. The molecule has 4 N–H and O–H groups in total. The summed E-state index contributed by atoms with van der Waals surface area (Å²) >= 11 is 1.77. The van der Waals surface area contributed by atoms with Crippen LogP contribution in [0.5, 0.6) is 0 Å². The molecule has 1 saturated carbocycles. The molecule has 1 amide bonds. The lowest BCUT2D eigenvalue weighted by Crippen LogP contribution is -2.60. The summed E-state index contributed by atoms with van der Waals surface area (Å²) in [6.07, 6.45) is 3.71. The van der Waals surface area contributed by atoms with Gasteiger partial charge in [-0.25, -0.2) is 0 Å². The Hall–Kier alpha value is -0.260. The third-order valence-electron chi connectivity index (χ3n) is 3.42. The normalized spacial score (nSPS) is 30.4. The van der Waals surface area contributed by atoms with Crippen LogP contribution in [-0.2, 0) is 4.79 Å². The van der Waals surface area contributed by atoms with Gasteiger partial charge < -0.3 is 16.2 Å². The van der Waals surface area contributed by atoms with Crippen LogP contribution in [0.4, 0.5) is 0 Å². The van der Waals surface area contributed by atoms with E-state index in [0.717, 1.165) is 25.7 Å². The van der Waals surface area contributed by atoms with E-state index in [0.29, 0.717) is 5.25 Å². The standard InChI is InChI=1S/C13H26N2O2S/c1-9(2)15-13(12(14)17)6-4-5-11(7-13)18-10(3)8-16/h9-11,15-16H,4-8H2,1-3H3,(H2,14,17). The predicted molar refractivity (Wildman–Crippen MR) is 76.6 cm³/mol. The molecule has 0 aliphatic heterocycles. The Kier molecular flexibility index (Phi) is 5.95. The number of nitrogens with one attached hydrogen (secondary N) is 1. The van der Waals surface area contributed by atoms with Crippen molar-refractivity contribution in [3.8, 4) is 0 Å². The van der Waals surface area contributed by atoms with E-state index in [-0.39, 0.29) is 23.8 Å². The maximum absolute atomic E-state index is 11.8. The highest BCUT2D eigenvalue weighted by Gasteiger charge is 2.41. The molecule has 1 aliphatic rings. The molecule has 0 bridgehead atoms. The summed E-state index contributed by atoms with van der Waals surface area (Å²) in [6.45, 7) is 6.28. The Morgan fingerprint density at radius 2 is 2.22 bits per heavy atom. The van der Waals surface area contributed by atoms with Crippen LogP contribution in [0.2, 0.25) is 0 Å². The summed E-state index contributed by atoms with van der Waals surface area (Å²) in [4.78, 5) is 11.8. The van der Waals surface area contributed by atoms with E-state index in [1.54, 1.807) is 11.8 Å². The van der Waals surface area contributed by atoms with Gasteiger partial charge in [-0.3, -0.25) is 4.79 Å². The van der Waals surface area contributed by atoms with Gasteiger partial charge in [-0.1, -0.05) is 6.92 Å². The first-order chi connectivity index (χ1) is 8.39. The van der Waals surface area contributed by atoms with Crippen LogP contribution >= 0.6 is 11.8 Å². The fourth-order valence-electron chi connectivity index (χ4n) is 2.69. The first-order valence-corrected chi connectivity index (χ1v) is 7.68. The van der Waals surface area contributed by atoms with Gasteiger partial charge in [-0.05, 0) is 39.5 Å². The maximum Gasteiger partial charge on any atom is 0.237 e. The van der Waals surface area contributed by atoms with E-state index < -0.39 is 5.54 Å². The van der Waals surface area contributed by atoms with E-state index in [2.05, 4.69) is 5.32 Å². The van der Waals surface area contributed by atoms with Crippen LogP contribution in [0.25, 0.3) is 0 Å². The van der Waals surface area contributed by atoms with Gasteiger partial charge in [-0.2, -0.15) is 11.8 Å². The van der Waals surface area contributed by atoms with Crippen LogP contribution in [0.1, 0.15) is 46.5 Å². The van der Waals surface area contributed by atoms with Gasteiger partial charge in [0.15, 0.2) is 0 Å². The number of rotatable bonds is 6. The third kappa shape index (κ3) is 4.14. The van der Waals surface area contributed by atoms with Crippen molar-refractivity contribution in [2.75, 3.05) is 6.61 Å². The molecule has 0 aromatic heterocycles. The van der Waals surface area contributed by atoms with Crippen LogP contribution < -0.4 is 11.1 Å². The van der Waals surface area contributed by atoms with Crippen molar-refractivity contribution in [2.24, 2.45) is 5.73 Å². The number of hydrogen-bond donors (Lipinski definition) is 3. The monoisotopic (exact) mass is 274 g/mol. The topological polar surface area (TPSA) is 75.3 Å². The van der Waals surface area contributed by atoms with Crippen molar-refractivity contribution >= 4 is 17.7 Å². The number of primary amides is 1. The zero-order chi connectivity index (χ0) is 13.8. The SMILES string of the molecule is CC(C)NC1(C(N)=O)CCCC(SC(C)CO)C1. The molecular formula is C13H26N2O2S. The van der Waals surface area contributed by atoms with Crippen LogP contribution in [0.3, 0.4) is 0 Å². The lowest BCUT2D eigenvalue weighted by Gasteiger charge is -2.41. The summed E-state index contributed by atoms with van der Waals surface area (Å²) in [7, 11) is 0. The average molecular weight is 274 g/mol. The maximum atomic E-state index is 11.8. The molecule has 1 aliphatic carbocycles. The van der Waals surface area contributed by atoms with Gasteiger partial charge in [0.25, 0.3) is 0 Å². The van der Waals surface area contributed by atoms with E-state index in [1.165, 1.54) is 0 Å². The highest BCUT2D eigenvalue weighted by atomic mass is 32.2. The van der Waals surface area contributed by atoms with Crippen LogP contribution in [-0.4, -0.2) is 39.7 Å². The number of aliphatic hydroxyl groups excluding tert-OH is 1. The number of carbonyl (C=O) groups is 1. The molecule has 3 atom stereocenters. The molecule has 106 valence electrons. The van der Waals surface area contributed by atoms with Gasteiger partial charge in [-0.15, -0.1) is 0 Å². The van der Waals surface area contributed by atoms with Crippen molar-refractivity contribution in [1.29, 1.82) is 0 Å². The minimum absolute atomic E-state index is 0.183. The highest BCUT2D eigenvalue weighted by molar-refractivity contribution is 8.00. The summed E-state index contributed by atoms with van der Waals surface area (Å²) in [6, 6.07) is 0.247. The first-order valence-electron chi connectivity index (χ1n) is 6.73. The van der Waals surface area contributed by atoms with Gasteiger partial charge in [0, 0.05) is 16.5 Å². The largest absolute Gasteiger partial charge is 0.395 e. The molecule has 0 radical (unpaired) electrons. The van der Waals surface area contributed by atoms with Crippen molar-refractivity contribution in [2.45, 2.75) is 68.5 Å². The average Bonchev–Trinajstić information content (AvgIpc) is 2.28. The quantitative estimate of drug-likeness (QED) is 0.682. The summed E-state index contributed by atoms with van der Waals surface area (Å²) in [5, 5.41) is 13.1. The number of thioether (sulfide) groups is 1. The number of hydrogen-bond acceptors (Lipinski definition) is 4. The predicted octanol–water partition coefficient (Wildman–Crippen LogP) is 1.27. The Bertz CT molecular complexity index is 286. The second kappa shape index (κ2) is 6.78. The van der Waals surface area contributed by atoms with Crippen molar-refractivity contribution < 1.29 is 9.90 Å². The lowest BCUT2D eigenvalue weighted by atomic mass is 9.80. The summed E-state index contributed by atoms with van der Waals surface area (Å²) in [5.74, 6) is -0.238. The van der Waals surface area contributed by atoms with Gasteiger partial charge in [0.05, 0.1) is 12.1 Å². The smallest absolute Gasteiger partial charge is 0.237 e. The van der Waals surface area contributed by atoms with Crippen LogP contribution in [0, 0.1) is 0 Å². The van der Waals surface area contributed by atoms with E-state index in [1.807, 2.05) is 20.8 Å². The summed E-state index contributed by atoms with van der Waals surface area (Å²) < 4.78 is 0. The molecular weight excluding hydrogens is 248 g/mol. The molecule has 0 heterocycles. The zero-order valence-corrected chi connectivity index (χ0v) is 12.4. The third-order valence-corrected chi connectivity index (χ3v) is 4.83. The molecule has 5 heteroatoms. The minimum Gasteiger partial charge on any atom is -0.395 e. The number of carbonyl (C=O) groups excluding carboxylic acids is 1. The second-order valence-corrected chi connectivity index (χ2v) is 7.34. The van der Waals surface area contributed by atoms with E-state index in [9.17, 15) is 4.79 Å². The van der Waals surface area contributed by atoms with Crippen molar-refractivity contribution in [3.05, 3.63) is 0 Å². The molecule has 0 spiro atoms. The zero-order valence-electron chi connectivity index (χ0n) is 11.6. The van der Waals surface area contributed by atoms with Gasteiger partial charge >= 0.3 is 0 Å². The number of aliphatic hydroxyl groups is 1. The molecule has 1 fully saturated rings. The van der Waals surface area contributed by atoms with Gasteiger partial charge in [0.2, 0.25) is 5.91 Å². The van der Waals surface area contributed by atoms with Crippen molar-refractivity contribution in [3.63, 3.8) is 0 Å². The fourth-order valence-corrected chi connectivity index (χ4v) is 4.12. The Labute approximate surface area is 114 Å². The fraction of sp³-hybridized carbons (Fsp3) is 0.923. The summed E-state index contributed by atoms with van der Waals surface area (Å²) in [5.41, 5.74) is 5.06. The Morgan fingerprint density at radius 3 is 2.72 bits per heavy atom. The van der Waals surface area contributed by atoms with E-state index in [4.69, 9.17) is 10.8 Å². The highest BCUT2D eigenvalue weighted by Crippen LogP contribution is 2.36. The first kappa shape index (κ1) is 15.8. The molecule has 0 aromatic rings. The van der Waals surface area contributed by atoms with E-state index >= 15 is 0 Å². The molecule has 1 rings (SSSR count). The van der Waals surface area contributed by atoms with Crippen molar-refractivity contribution in [1.82, 2.24) is 5.32 Å². The molecule has 18 heavy (non-hydrogen) atoms. The molecule has 0 aromatic carbocycles. The van der Waals surface area contributed by atoms with Gasteiger partial charge in [0.1, 0.15) is 0 Å². The number of amides is 1. The minimum atomic E-state index is -0.556. The Morgan fingerprint density at radius 1 is 1.56 bits per heavy atom. The Balaban J connectivity index is 2.70. The van der Waals surface area contributed by atoms with Crippen LogP contribution in [0.15, 0.2) is 0 Å². The number of nitrogens with two attached hydrogens (primary N) is 1.